The first-order chi connectivity index (χ1) is 13.5. The van der Waals surface area contributed by atoms with Crippen molar-refractivity contribution in [2.24, 2.45) is 0 Å². The molecule has 1 unspecified atom stereocenters. The molecule has 3 rings (SSSR count). The second-order valence-corrected chi connectivity index (χ2v) is 6.27. The van der Waals surface area contributed by atoms with Crippen molar-refractivity contribution in [3.63, 3.8) is 0 Å². The fraction of sp³-hybridized carbons (Fsp3) is 0.250. The Morgan fingerprint density at radius 2 is 2.04 bits per heavy atom. The number of methoxy groups -OCH3 is 1. The number of halogens is 1. The van der Waals surface area contributed by atoms with Gasteiger partial charge in [-0.2, -0.15) is 0 Å². The topological polar surface area (TPSA) is 85.2 Å². The lowest BCUT2D eigenvalue weighted by Gasteiger charge is -2.19. The molecule has 0 saturated carbocycles. The Labute approximate surface area is 161 Å². The van der Waals surface area contributed by atoms with Gasteiger partial charge in [0.15, 0.2) is 0 Å². The second-order valence-electron chi connectivity index (χ2n) is 6.27. The van der Waals surface area contributed by atoms with E-state index in [1.807, 2.05) is 0 Å². The third-order valence-corrected chi connectivity index (χ3v) is 4.23. The van der Waals surface area contributed by atoms with E-state index in [4.69, 9.17) is 4.74 Å². The molecular weight excluding hydrogens is 363 g/mol. The Balaban J connectivity index is 1.88. The molecule has 2 aromatic carbocycles. The Hall–Kier alpha value is -3.26. The van der Waals surface area contributed by atoms with Gasteiger partial charge in [-0.05, 0) is 37.3 Å². The number of nitrogens with zero attached hydrogens (tertiary/aromatic N) is 2. The molecule has 8 heteroatoms. The highest BCUT2D eigenvalue weighted by molar-refractivity contribution is 5.89. The summed E-state index contributed by atoms with van der Waals surface area (Å²) in [5, 5.41) is 5.80. The monoisotopic (exact) mass is 384 g/mol. The van der Waals surface area contributed by atoms with Crippen LogP contribution < -0.4 is 16.2 Å². The molecule has 1 heterocycles. The van der Waals surface area contributed by atoms with Gasteiger partial charge in [0.2, 0.25) is 0 Å². The van der Waals surface area contributed by atoms with E-state index in [-0.39, 0.29) is 5.56 Å². The van der Waals surface area contributed by atoms with E-state index in [0.717, 1.165) is 0 Å². The summed E-state index contributed by atoms with van der Waals surface area (Å²) in [5.74, 6) is -0.0365. The van der Waals surface area contributed by atoms with Crippen LogP contribution in [0.25, 0.3) is 10.9 Å². The smallest absolute Gasteiger partial charge is 0.319 e. The van der Waals surface area contributed by atoms with Crippen LogP contribution in [0.3, 0.4) is 0 Å². The van der Waals surface area contributed by atoms with Gasteiger partial charge in [-0.25, -0.2) is 14.2 Å². The quantitative estimate of drug-likeness (QED) is 0.684. The zero-order valence-corrected chi connectivity index (χ0v) is 15.6. The van der Waals surface area contributed by atoms with Crippen LogP contribution >= 0.6 is 0 Å². The molecule has 0 saturated heterocycles. The summed E-state index contributed by atoms with van der Waals surface area (Å²) in [7, 11) is 1.55. The van der Waals surface area contributed by atoms with Crippen molar-refractivity contribution < 1.29 is 13.9 Å². The highest BCUT2D eigenvalue weighted by Crippen LogP contribution is 2.15. The van der Waals surface area contributed by atoms with Crippen LogP contribution in [0.4, 0.5) is 14.9 Å². The van der Waals surface area contributed by atoms with Crippen molar-refractivity contribution in [3.05, 3.63) is 70.5 Å². The van der Waals surface area contributed by atoms with Gasteiger partial charge in [0, 0.05) is 12.8 Å². The Bertz CT molecular complexity index is 1050. The lowest BCUT2D eigenvalue weighted by atomic mass is 10.2. The molecule has 28 heavy (non-hydrogen) atoms. The normalized spacial score (nSPS) is 12.0. The summed E-state index contributed by atoms with van der Waals surface area (Å²) in [5.41, 5.74) is 0.681. The van der Waals surface area contributed by atoms with Crippen molar-refractivity contribution in [2.75, 3.05) is 19.0 Å². The zero-order valence-electron chi connectivity index (χ0n) is 15.6. The van der Waals surface area contributed by atoms with Crippen LogP contribution in [0.2, 0.25) is 0 Å². The Morgan fingerprint density at radius 3 is 2.79 bits per heavy atom. The molecule has 0 radical (unpaired) electrons. The number of aromatic nitrogens is 2. The minimum absolute atomic E-state index is 0.197. The standard InChI is InChI=1S/C20H21FN4O3/c1-13(22-20(27)23-15-7-5-6-14(21)12-15)18-24-17-9-4-3-8-16(17)19(26)25(18)10-11-28-2/h3-9,12-13H,10-11H2,1-2H3,(H2,22,23,27). The summed E-state index contributed by atoms with van der Waals surface area (Å²) in [6, 6.07) is 11.5. The first-order valence-corrected chi connectivity index (χ1v) is 8.81. The average Bonchev–Trinajstić information content (AvgIpc) is 2.67. The van der Waals surface area contributed by atoms with Gasteiger partial charge in [0.25, 0.3) is 5.56 Å². The predicted octanol–water partition coefficient (Wildman–Crippen LogP) is 3.06. The van der Waals surface area contributed by atoms with Crippen molar-refractivity contribution in [2.45, 2.75) is 19.5 Å². The number of amides is 2. The molecule has 1 atom stereocenters. The van der Waals surface area contributed by atoms with Crippen LogP contribution in [0, 0.1) is 5.82 Å². The third kappa shape index (κ3) is 4.34. The van der Waals surface area contributed by atoms with Crippen molar-refractivity contribution in [1.29, 1.82) is 0 Å². The summed E-state index contributed by atoms with van der Waals surface area (Å²) >= 11 is 0. The first kappa shape index (κ1) is 19.5. The molecule has 7 nitrogen and oxygen atoms in total. The predicted molar refractivity (Wildman–Crippen MR) is 105 cm³/mol. The summed E-state index contributed by atoms with van der Waals surface area (Å²) in [6.45, 7) is 2.36. The molecule has 0 aliphatic carbocycles. The van der Waals surface area contributed by atoms with Crippen LogP contribution in [-0.2, 0) is 11.3 Å². The average molecular weight is 384 g/mol. The molecule has 0 fully saturated rings. The number of carbonyl (C=O) groups is 1. The third-order valence-electron chi connectivity index (χ3n) is 4.23. The molecule has 0 aliphatic heterocycles. The van der Waals surface area contributed by atoms with Crippen LogP contribution in [0.1, 0.15) is 18.8 Å². The fourth-order valence-electron chi connectivity index (χ4n) is 2.91. The number of hydrogen-bond acceptors (Lipinski definition) is 4. The number of hydrogen-bond donors (Lipinski definition) is 2. The maximum Gasteiger partial charge on any atom is 0.319 e. The van der Waals surface area contributed by atoms with Gasteiger partial charge in [0.1, 0.15) is 11.6 Å². The molecule has 1 aromatic heterocycles. The van der Waals surface area contributed by atoms with E-state index in [1.165, 1.54) is 22.8 Å². The number of nitrogens with one attached hydrogen (secondary N) is 2. The number of benzene rings is 2. The second kappa shape index (κ2) is 8.62. The van der Waals surface area contributed by atoms with E-state index >= 15 is 0 Å². The molecule has 2 N–H and O–H groups in total. The number of fused-ring (bicyclic) bond motifs is 1. The van der Waals surface area contributed by atoms with Crippen molar-refractivity contribution in [1.82, 2.24) is 14.9 Å². The number of urea groups is 1. The van der Waals surface area contributed by atoms with Gasteiger partial charge < -0.3 is 15.4 Å². The minimum Gasteiger partial charge on any atom is -0.383 e. The van der Waals surface area contributed by atoms with Crippen LogP contribution in [-0.4, -0.2) is 29.3 Å². The van der Waals surface area contributed by atoms with E-state index in [1.54, 1.807) is 44.4 Å². The highest BCUT2D eigenvalue weighted by Gasteiger charge is 2.18. The van der Waals surface area contributed by atoms with Crippen LogP contribution in [0.15, 0.2) is 53.3 Å². The maximum atomic E-state index is 13.3. The van der Waals surface area contributed by atoms with Gasteiger partial charge in [-0.1, -0.05) is 18.2 Å². The molecule has 146 valence electrons. The van der Waals surface area contributed by atoms with E-state index in [9.17, 15) is 14.0 Å². The van der Waals surface area contributed by atoms with Gasteiger partial charge >= 0.3 is 6.03 Å². The SMILES string of the molecule is COCCn1c(C(C)NC(=O)Nc2cccc(F)c2)nc2ccccc2c1=O. The molecule has 3 aromatic rings. The molecule has 0 aliphatic rings. The summed E-state index contributed by atoms with van der Waals surface area (Å²) < 4.78 is 19.9. The largest absolute Gasteiger partial charge is 0.383 e. The van der Waals surface area contributed by atoms with E-state index < -0.39 is 17.9 Å². The van der Waals surface area contributed by atoms with E-state index in [2.05, 4.69) is 15.6 Å². The number of rotatable bonds is 6. The van der Waals surface area contributed by atoms with Gasteiger partial charge in [-0.3, -0.25) is 9.36 Å². The van der Waals surface area contributed by atoms with Crippen LogP contribution in [0.5, 0.6) is 0 Å². The fourth-order valence-corrected chi connectivity index (χ4v) is 2.91. The number of anilines is 1. The zero-order chi connectivity index (χ0) is 20.1. The minimum atomic E-state index is -0.567. The number of para-hydroxylation sites is 1. The lowest BCUT2D eigenvalue weighted by molar-refractivity contribution is 0.184. The molecular formula is C20H21FN4O3. The van der Waals surface area contributed by atoms with Gasteiger partial charge in [-0.15, -0.1) is 0 Å². The Morgan fingerprint density at radius 1 is 1.25 bits per heavy atom. The summed E-state index contributed by atoms with van der Waals surface area (Å²) in [4.78, 5) is 29.7. The Kier molecular flexibility index (Phi) is 6.00. The molecule has 2 amide bonds. The maximum absolute atomic E-state index is 13.3. The number of carbonyl (C=O) groups excluding carboxylic acids is 1. The number of ether oxygens (including phenoxy) is 1. The molecule has 0 bridgehead atoms. The van der Waals surface area contributed by atoms with Crippen molar-refractivity contribution >= 4 is 22.6 Å². The first-order valence-electron chi connectivity index (χ1n) is 8.81. The lowest BCUT2D eigenvalue weighted by Crippen LogP contribution is -2.36. The van der Waals surface area contributed by atoms with Crippen molar-refractivity contribution in [3.8, 4) is 0 Å². The van der Waals surface area contributed by atoms with Gasteiger partial charge in [0.05, 0.1) is 30.1 Å². The summed E-state index contributed by atoms with van der Waals surface area (Å²) in [6.07, 6.45) is 0. The highest BCUT2D eigenvalue weighted by atomic mass is 19.1. The molecule has 0 spiro atoms. The van der Waals surface area contributed by atoms with E-state index in [0.29, 0.717) is 35.6 Å².